The number of nitrogens with one attached hydrogen (secondary N) is 1. The fraction of sp³-hybridized carbons (Fsp3) is 0.105. The summed E-state index contributed by atoms with van der Waals surface area (Å²) in [6, 6.07) is 13.3. The summed E-state index contributed by atoms with van der Waals surface area (Å²) in [4.78, 5) is 12.7. The molecule has 2 heterocycles. The topological polar surface area (TPSA) is 81.2 Å². The lowest BCUT2D eigenvalue weighted by Crippen LogP contribution is -2.13. The van der Waals surface area contributed by atoms with Gasteiger partial charge in [0.15, 0.2) is 11.5 Å². The zero-order valence-electron chi connectivity index (χ0n) is 14.0. The van der Waals surface area contributed by atoms with E-state index >= 15 is 0 Å². The van der Waals surface area contributed by atoms with Gasteiger partial charge in [-0.2, -0.15) is 0 Å². The number of halogens is 1. The first kappa shape index (κ1) is 16.5. The van der Waals surface area contributed by atoms with Crippen molar-refractivity contribution in [2.24, 2.45) is 0 Å². The summed E-state index contributed by atoms with van der Waals surface area (Å²) in [6.07, 6.45) is 0. The third-order valence-electron chi connectivity index (χ3n) is 4.14. The maximum Gasteiger partial charge on any atom is 0.292 e. The van der Waals surface area contributed by atoms with E-state index in [1.165, 1.54) is 0 Å². The third kappa shape index (κ3) is 2.90. The molecule has 0 aliphatic rings. The fourth-order valence-corrected chi connectivity index (χ4v) is 3.05. The Balaban J connectivity index is 1.67. The van der Waals surface area contributed by atoms with Crippen molar-refractivity contribution in [3.05, 3.63) is 63.8 Å². The normalized spacial score (nSPS) is 11.0. The number of benzene rings is 2. The SMILES string of the molecule is Cc1ccc2c(C)c(C(=O)Nc3nonc3-c3ccc(Br)cc3)oc2c1. The number of fused-ring (bicyclic) bond motifs is 1. The van der Waals surface area contributed by atoms with E-state index in [0.29, 0.717) is 11.3 Å². The molecule has 130 valence electrons. The molecule has 0 aliphatic heterocycles. The van der Waals surface area contributed by atoms with E-state index in [1.807, 2.05) is 56.3 Å². The van der Waals surface area contributed by atoms with E-state index in [1.54, 1.807) is 0 Å². The summed E-state index contributed by atoms with van der Waals surface area (Å²) in [5.41, 5.74) is 3.76. The van der Waals surface area contributed by atoms with Crippen molar-refractivity contribution < 1.29 is 13.8 Å². The Morgan fingerprint density at radius 1 is 1.08 bits per heavy atom. The molecule has 0 atom stereocenters. The molecule has 1 N–H and O–H groups in total. The van der Waals surface area contributed by atoms with Gasteiger partial charge in [-0.05, 0) is 47.9 Å². The van der Waals surface area contributed by atoms with Crippen molar-refractivity contribution in [3.63, 3.8) is 0 Å². The van der Waals surface area contributed by atoms with Crippen molar-refractivity contribution in [1.82, 2.24) is 10.3 Å². The molecule has 0 saturated carbocycles. The van der Waals surface area contributed by atoms with Crippen molar-refractivity contribution in [3.8, 4) is 11.3 Å². The van der Waals surface area contributed by atoms with Gasteiger partial charge in [0.1, 0.15) is 5.58 Å². The van der Waals surface area contributed by atoms with E-state index < -0.39 is 5.91 Å². The molecule has 0 fully saturated rings. The highest BCUT2D eigenvalue weighted by Crippen LogP contribution is 2.29. The molecule has 0 unspecified atom stereocenters. The monoisotopic (exact) mass is 411 g/mol. The molecule has 0 aliphatic carbocycles. The molecule has 7 heteroatoms. The molecular weight excluding hydrogens is 398 g/mol. The van der Waals surface area contributed by atoms with Crippen LogP contribution in [0.2, 0.25) is 0 Å². The van der Waals surface area contributed by atoms with Gasteiger partial charge in [-0.1, -0.05) is 40.2 Å². The number of furan rings is 1. The molecule has 0 spiro atoms. The number of nitrogens with zero attached hydrogens (tertiary/aromatic N) is 2. The van der Waals surface area contributed by atoms with Gasteiger partial charge in [0.2, 0.25) is 5.82 Å². The van der Waals surface area contributed by atoms with Gasteiger partial charge in [0, 0.05) is 21.0 Å². The van der Waals surface area contributed by atoms with Gasteiger partial charge < -0.3 is 4.42 Å². The standard InChI is InChI=1S/C19H14BrN3O3/c1-10-3-8-14-11(2)17(25-15(14)9-10)19(24)21-18-16(22-26-23-18)12-4-6-13(20)7-5-12/h3-9H,1-2H3,(H,21,23,24). The molecule has 0 radical (unpaired) electrons. The van der Waals surface area contributed by atoms with Crippen molar-refractivity contribution in [1.29, 1.82) is 0 Å². The minimum Gasteiger partial charge on any atom is -0.451 e. The number of amides is 1. The highest BCUT2D eigenvalue weighted by Gasteiger charge is 2.21. The first-order chi connectivity index (χ1) is 12.5. The van der Waals surface area contributed by atoms with Gasteiger partial charge >= 0.3 is 0 Å². The number of anilines is 1. The van der Waals surface area contributed by atoms with Gasteiger partial charge in [0.05, 0.1) is 0 Å². The summed E-state index contributed by atoms with van der Waals surface area (Å²) < 4.78 is 11.5. The van der Waals surface area contributed by atoms with Crippen LogP contribution in [0.3, 0.4) is 0 Å². The second-order valence-corrected chi connectivity index (χ2v) is 6.89. The third-order valence-corrected chi connectivity index (χ3v) is 4.67. The van der Waals surface area contributed by atoms with E-state index in [9.17, 15) is 4.79 Å². The summed E-state index contributed by atoms with van der Waals surface area (Å²) in [5, 5.41) is 11.3. The fourth-order valence-electron chi connectivity index (χ4n) is 2.78. The minimum atomic E-state index is -0.398. The van der Waals surface area contributed by atoms with E-state index in [0.717, 1.165) is 26.5 Å². The number of hydrogen-bond donors (Lipinski definition) is 1. The molecule has 26 heavy (non-hydrogen) atoms. The van der Waals surface area contributed by atoms with E-state index in [4.69, 9.17) is 9.05 Å². The Morgan fingerprint density at radius 2 is 1.85 bits per heavy atom. The van der Waals surface area contributed by atoms with Crippen LogP contribution in [-0.4, -0.2) is 16.2 Å². The molecule has 0 saturated heterocycles. The Hall–Kier alpha value is -2.93. The maximum atomic E-state index is 12.7. The summed E-state index contributed by atoms with van der Waals surface area (Å²) in [7, 11) is 0. The van der Waals surface area contributed by atoms with Gasteiger partial charge in [-0.25, -0.2) is 4.63 Å². The van der Waals surface area contributed by atoms with Gasteiger partial charge in [-0.3, -0.25) is 10.1 Å². The van der Waals surface area contributed by atoms with Crippen molar-refractivity contribution in [2.75, 3.05) is 5.32 Å². The highest BCUT2D eigenvalue weighted by atomic mass is 79.9. The van der Waals surface area contributed by atoms with Crippen LogP contribution in [0.4, 0.5) is 5.82 Å². The lowest BCUT2D eigenvalue weighted by Gasteiger charge is -2.02. The van der Waals surface area contributed by atoms with Crippen LogP contribution in [0, 0.1) is 13.8 Å². The van der Waals surface area contributed by atoms with Crippen molar-refractivity contribution in [2.45, 2.75) is 13.8 Å². The van der Waals surface area contributed by atoms with Crippen LogP contribution in [-0.2, 0) is 0 Å². The Kier molecular flexibility index (Phi) is 4.08. The average molecular weight is 412 g/mol. The summed E-state index contributed by atoms with van der Waals surface area (Å²) in [6.45, 7) is 3.83. The zero-order chi connectivity index (χ0) is 18.3. The molecule has 4 rings (SSSR count). The van der Waals surface area contributed by atoms with Crippen LogP contribution in [0.15, 0.2) is 56.0 Å². The van der Waals surface area contributed by atoms with Crippen LogP contribution in [0.5, 0.6) is 0 Å². The Morgan fingerprint density at radius 3 is 2.62 bits per heavy atom. The number of rotatable bonds is 3. The second-order valence-electron chi connectivity index (χ2n) is 5.98. The second kappa shape index (κ2) is 6.42. The quantitative estimate of drug-likeness (QED) is 0.506. The van der Waals surface area contributed by atoms with Crippen LogP contribution >= 0.6 is 15.9 Å². The summed E-state index contributed by atoms with van der Waals surface area (Å²) >= 11 is 3.39. The number of carbonyl (C=O) groups is 1. The first-order valence-corrected chi connectivity index (χ1v) is 8.72. The van der Waals surface area contributed by atoms with Crippen LogP contribution in [0.25, 0.3) is 22.2 Å². The lowest BCUT2D eigenvalue weighted by molar-refractivity contribution is 0.0997. The number of aryl methyl sites for hydroxylation is 2. The zero-order valence-corrected chi connectivity index (χ0v) is 15.6. The average Bonchev–Trinajstić information content (AvgIpc) is 3.20. The smallest absolute Gasteiger partial charge is 0.292 e. The van der Waals surface area contributed by atoms with Crippen LogP contribution in [0.1, 0.15) is 21.7 Å². The number of aromatic nitrogens is 2. The van der Waals surface area contributed by atoms with Crippen LogP contribution < -0.4 is 5.32 Å². The Labute approximate surface area is 157 Å². The maximum absolute atomic E-state index is 12.7. The molecule has 2 aromatic heterocycles. The minimum absolute atomic E-state index is 0.244. The molecular formula is C19H14BrN3O3. The Bertz CT molecular complexity index is 1110. The predicted octanol–water partition coefficient (Wildman–Crippen LogP) is 5.11. The first-order valence-electron chi connectivity index (χ1n) is 7.92. The highest BCUT2D eigenvalue weighted by molar-refractivity contribution is 9.10. The number of carbonyl (C=O) groups excluding carboxylic acids is 1. The van der Waals surface area contributed by atoms with Crippen molar-refractivity contribution >= 4 is 38.6 Å². The van der Waals surface area contributed by atoms with Gasteiger partial charge in [0.25, 0.3) is 5.91 Å². The molecule has 0 bridgehead atoms. The molecule has 6 nitrogen and oxygen atoms in total. The largest absolute Gasteiger partial charge is 0.451 e. The molecule has 1 amide bonds. The molecule has 2 aromatic carbocycles. The van der Waals surface area contributed by atoms with E-state index in [2.05, 4.69) is 31.6 Å². The lowest BCUT2D eigenvalue weighted by atomic mass is 10.1. The predicted molar refractivity (Wildman–Crippen MR) is 101 cm³/mol. The number of hydrogen-bond acceptors (Lipinski definition) is 5. The van der Waals surface area contributed by atoms with Gasteiger partial charge in [-0.15, -0.1) is 0 Å². The van der Waals surface area contributed by atoms with E-state index in [-0.39, 0.29) is 11.6 Å². The summed E-state index contributed by atoms with van der Waals surface area (Å²) in [5.74, 6) is 0.0918. The molecule has 4 aromatic rings.